The zero-order valence-corrected chi connectivity index (χ0v) is 6.67. The number of hydrogen-bond donors (Lipinski definition) is 0. The van der Waals surface area contributed by atoms with Gasteiger partial charge >= 0.3 is 0 Å². The molecule has 0 rings (SSSR count). The smallest absolute Gasteiger partial charge is 0.140 e. The molecule has 0 aromatic heterocycles. The van der Waals surface area contributed by atoms with Crippen molar-refractivity contribution in [2.75, 3.05) is 6.16 Å². The van der Waals surface area contributed by atoms with Gasteiger partial charge in [0.25, 0.3) is 0 Å². The van der Waals surface area contributed by atoms with Crippen LogP contribution in [0.1, 0.15) is 19.8 Å². The van der Waals surface area contributed by atoms with Gasteiger partial charge in [-0.25, -0.2) is 0 Å². The molecule has 0 heterocycles. The fourth-order valence-electron chi connectivity index (χ4n) is 0.527. The molecular weight excluding hydrogens is 135 g/mol. The van der Waals surface area contributed by atoms with E-state index in [9.17, 15) is 9.59 Å². The second kappa shape index (κ2) is 4.63. The third-order valence-electron chi connectivity index (χ3n) is 0.869. The van der Waals surface area contributed by atoms with Crippen LogP contribution in [0.25, 0.3) is 0 Å². The average Bonchev–Trinajstić information content (AvgIpc) is 1.63. The van der Waals surface area contributed by atoms with Crippen LogP contribution in [0, 0.1) is 0 Å². The lowest BCUT2D eigenvalue weighted by molar-refractivity contribution is -0.125. The van der Waals surface area contributed by atoms with Crippen LogP contribution in [-0.2, 0) is 9.59 Å². The summed E-state index contributed by atoms with van der Waals surface area (Å²) in [6.45, 7) is 1.43. The maximum Gasteiger partial charge on any atom is 0.140 e. The van der Waals surface area contributed by atoms with E-state index in [-0.39, 0.29) is 18.0 Å². The SMILES string of the molecule is CC(=O)CC(=O)CCP. The lowest BCUT2D eigenvalue weighted by atomic mass is 10.2. The zero-order chi connectivity index (χ0) is 7.28. The van der Waals surface area contributed by atoms with Crippen molar-refractivity contribution in [3.63, 3.8) is 0 Å². The Labute approximate surface area is 57.2 Å². The van der Waals surface area contributed by atoms with E-state index < -0.39 is 0 Å². The molecule has 2 nitrogen and oxygen atoms in total. The van der Waals surface area contributed by atoms with Gasteiger partial charge in [0.05, 0.1) is 6.42 Å². The van der Waals surface area contributed by atoms with Crippen LogP contribution in [-0.4, -0.2) is 17.7 Å². The third kappa shape index (κ3) is 5.64. The molecule has 1 unspecified atom stereocenters. The number of hydrogen-bond acceptors (Lipinski definition) is 2. The average molecular weight is 146 g/mol. The minimum Gasteiger partial charge on any atom is -0.300 e. The highest BCUT2D eigenvalue weighted by molar-refractivity contribution is 7.16. The Morgan fingerprint density at radius 2 is 2.00 bits per heavy atom. The van der Waals surface area contributed by atoms with Crippen molar-refractivity contribution in [3.05, 3.63) is 0 Å². The summed E-state index contributed by atoms with van der Waals surface area (Å²) in [4.78, 5) is 20.9. The summed E-state index contributed by atoms with van der Waals surface area (Å²) >= 11 is 0. The predicted octanol–water partition coefficient (Wildman–Crippen LogP) is 0.800. The zero-order valence-electron chi connectivity index (χ0n) is 5.52. The van der Waals surface area contributed by atoms with Crippen molar-refractivity contribution in [3.8, 4) is 0 Å². The normalized spacial score (nSPS) is 9.11. The van der Waals surface area contributed by atoms with E-state index in [4.69, 9.17) is 0 Å². The largest absolute Gasteiger partial charge is 0.300 e. The Kier molecular flexibility index (Phi) is 4.51. The molecule has 0 bridgehead atoms. The van der Waals surface area contributed by atoms with Gasteiger partial charge in [-0.3, -0.25) is 9.59 Å². The molecule has 0 fully saturated rings. The fourth-order valence-corrected chi connectivity index (χ4v) is 0.849. The molecule has 3 heteroatoms. The Morgan fingerprint density at radius 3 is 2.33 bits per heavy atom. The Bertz CT molecular complexity index is 120. The quantitative estimate of drug-likeness (QED) is 0.434. The van der Waals surface area contributed by atoms with Gasteiger partial charge in [-0.15, -0.1) is 9.24 Å². The van der Waals surface area contributed by atoms with Crippen LogP contribution >= 0.6 is 9.24 Å². The summed E-state index contributed by atoms with van der Waals surface area (Å²) in [5, 5.41) is 0. The molecule has 0 aliphatic carbocycles. The second-order valence-corrected chi connectivity index (χ2v) is 2.53. The summed E-state index contributed by atoms with van der Waals surface area (Å²) < 4.78 is 0. The van der Waals surface area contributed by atoms with Crippen LogP contribution in [0.5, 0.6) is 0 Å². The fraction of sp³-hybridized carbons (Fsp3) is 0.667. The van der Waals surface area contributed by atoms with E-state index in [0.29, 0.717) is 6.42 Å². The molecule has 0 amide bonds. The third-order valence-corrected chi connectivity index (χ3v) is 1.16. The molecule has 0 saturated heterocycles. The van der Waals surface area contributed by atoms with E-state index in [1.165, 1.54) is 6.92 Å². The number of carbonyl (C=O) groups excluding carboxylic acids is 2. The number of ketones is 2. The number of carbonyl (C=O) groups is 2. The van der Waals surface area contributed by atoms with Crippen molar-refractivity contribution in [1.82, 2.24) is 0 Å². The Hall–Kier alpha value is -0.230. The molecule has 0 aromatic carbocycles. The van der Waals surface area contributed by atoms with Gasteiger partial charge in [0.2, 0.25) is 0 Å². The maximum atomic E-state index is 10.6. The van der Waals surface area contributed by atoms with Crippen molar-refractivity contribution >= 4 is 20.8 Å². The Morgan fingerprint density at radius 1 is 1.44 bits per heavy atom. The maximum absolute atomic E-state index is 10.6. The molecule has 9 heavy (non-hydrogen) atoms. The lowest BCUT2D eigenvalue weighted by Gasteiger charge is -1.91. The minimum absolute atomic E-state index is 0.0394. The van der Waals surface area contributed by atoms with Crippen LogP contribution in [0.4, 0.5) is 0 Å². The van der Waals surface area contributed by atoms with Gasteiger partial charge in [0.1, 0.15) is 11.6 Å². The van der Waals surface area contributed by atoms with Gasteiger partial charge in [-0.2, -0.15) is 0 Å². The highest BCUT2D eigenvalue weighted by Gasteiger charge is 2.01. The van der Waals surface area contributed by atoms with Crippen molar-refractivity contribution in [2.45, 2.75) is 19.8 Å². The molecule has 0 radical (unpaired) electrons. The van der Waals surface area contributed by atoms with Crippen molar-refractivity contribution < 1.29 is 9.59 Å². The predicted molar refractivity (Wildman–Crippen MR) is 39.5 cm³/mol. The summed E-state index contributed by atoms with van der Waals surface area (Å²) in [6, 6.07) is 0. The minimum atomic E-state index is -0.0431. The molecule has 0 spiro atoms. The molecule has 52 valence electrons. The summed E-state index contributed by atoms with van der Waals surface area (Å²) in [7, 11) is 2.45. The van der Waals surface area contributed by atoms with E-state index in [1.807, 2.05) is 0 Å². The number of Topliss-reactive ketones (excluding diaryl/α,β-unsaturated/α-hetero) is 2. The molecule has 0 aliphatic heterocycles. The summed E-state index contributed by atoms with van der Waals surface area (Å²) in [5.41, 5.74) is 0. The lowest BCUT2D eigenvalue weighted by Crippen LogP contribution is -2.03. The van der Waals surface area contributed by atoms with E-state index in [2.05, 4.69) is 9.24 Å². The van der Waals surface area contributed by atoms with Crippen molar-refractivity contribution in [1.29, 1.82) is 0 Å². The standard InChI is InChI=1S/C6H11O2P/c1-5(7)4-6(8)2-3-9/h2-4,9H2,1H3. The van der Waals surface area contributed by atoms with E-state index in [1.54, 1.807) is 0 Å². The van der Waals surface area contributed by atoms with Gasteiger partial charge in [-0.1, -0.05) is 0 Å². The van der Waals surface area contributed by atoms with Gasteiger partial charge in [0, 0.05) is 6.42 Å². The molecule has 1 atom stereocenters. The molecule has 0 saturated carbocycles. The first kappa shape index (κ1) is 8.77. The van der Waals surface area contributed by atoms with E-state index >= 15 is 0 Å². The Balaban J connectivity index is 3.39. The topological polar surface area (TPSA) is 34.1 Å². The molecule has 0 N–H and O–H groups in total. The van der Waals surface area contributed by atoms with Crippen molar-refractivity contribution in [2.24, 2.45) is 0 Å². The van der Waals surface area contributed by atoms with Crippen LogP contribution < -0.4 is 0 Å². The second-order valence-electron chi connectivity index (χ2n) is 1.96. The van der Waals surface area contributed by atoms with Gasteiger partial charge < -0.3 is 0 Å². The van der Waals surface area contributed by atoms with Gasteiger partial charge in [0.15, 0.2) is 0 Å². The van der Waals surface area contributed by atoms with Crippen LogP contribution in [0.2, 0.25) is 0 Å². The van der Waals surface area contributed by atoms with E-state index in [0.717, 1.165) is 6.16 Å². The monoisotopic (exact) mass is 146 g/mol. The first-order valence-electron chi connectivity index (χ1n) is 2.88. The van der Waals surface area contributed by atoms with Crippen LogP contribution in [0.3, 0.4) is 0 Å². The first-order chi connectivity index (χ1) is 4.16. The molecule has 0 aromatic rings. The molecular formula is C6H11O2P. The molecule has 0 aliphatic rings. The highest BCUT2D eigenvalue weighted by Crippen LogP contribution is 1.94. The summed E-state index contributed by atoms with van der Waals surface area (Å²) in [6.07, 6.45) is 1.37. The first-order valence-corrected chi connectivity index (χ1v) is 3.69. The summed E-state index contributed by atoms with van der Waals surface area (Å²) in [5.74, 6) is -0.00375. The number of rotatable bonds is 4. The highest BCUT2D eigenvalue weighted by atomic mass is 31.0. The van der Waals surface area contributed by atoms with Crippen LogP contribution in [0.15, 0.2) is 0 Å². The van der Waals surface area contributed by atoms with Gasteiger partial charge in [-0.05, 0) is 13.1 Å².